The second-order valence-corrected chi connectivity index (χ2v) is 26.0. The third kappa shape index (κ3) is 8.73. The molecule has 0 saturated carbocycles. The van der Waals surface area contributed by atoms with Crippen molar-refractivity contribution < 1.29 is 24.1 Å². The van der Waals surface area contributed by atoms with Gasteiger partial charge in [-0.1, -0.05) is 48.5 Å². The Morgan fingerprint density at radius 1 is 0.500 bits per heavy atom. The number of fused-ring (bicyclic) bond motifs is 5. The third-order valence-corrected chi connectivity index (χ3v) is 16.7. The van der Waals surface area contributed by atoms with Crippen molar-refractivity contribution in [3.63, 3.8) is 0 Å². The number of benzene rings is 7. The van der Waals surface area contributed by atoms with Crippen molar-refractivity contribution in [2.75, 3.05) is 0 Å². The van der Waals surface area contributed by atoms with Crippen LogP contribution in [0.5, 0.6) is 11.5 Å². The van der Waals surface area contributed by atoms with Crippen LogP contribution in [0.2, 0.25) is 0 Å². The van der Waals surface area contributed by atoms with Gasteiger partial charge < -0.3 is 0 Å². The molecular weight excluding hydrogens is 1080 g/mol. The summed E-state index contributed by atoms with van der Waals surface area (Å²) in [6, 6.07) is 60.8. The molecule has 0 aliphatic heterocycles. The van der Waals surface area contributed by atoms with Gasteiger partial charge in [-0.2, -0.15) is 0 Å². The van der Waals surface area contributed by atoms with Crippen molar-refractivity contribution in [3.8, 4) is 50.9 Å². The number of aromatic nitrogens is 4. The molecule has 0 N–H and O–H groups in total. The van der Waals surface area contributed by atoms with Gasteiger partial charge in [0, 0.05) is 6.20 Å². The van der Waals surface area contributed by atoms with Gasteiger partial charge in [0.25, 0.3) is 0 Å². The van der Waals surface area contributed by atoms with Crippen molar-refractivity contribution in [2.45, 2.75) is 130 Å². The summed E-state index contributed by atoms with van der Waals surface area (Å²) in [5.74, 6) is 2.10. The quantitative estimate of drug-likeness (QED) is 0.149. The number of rotatable bonds is 7. The van der Waals surface area contributed by atoms with Gasteiger partial charge in [-0.3, -0.25) is 0 Å². The number of hydrogen-bond donors (Lipinski definition) is 0. The molecule has 0 radical (unpaired) electrons. The fourth-order valence-corrected chi connectivity index (χ4v) is 12.2. The zero-order chi connectivity index (χ0) is 52.3. The van der Waals surface area contributed by atoms with Gasteiger partial charge in [0.1, 0.15) is 0 Å². The second-order valence-electron chi connectivity index (χ2n) is 25.0. The standard InChI is InChI=1S/C68H68N4O.Pt/c1-64(2,3)46-31-34-69-62(38-46)72-60-40-51(29-30-54(60)55-41-56-57(42-61(55)72)68(12,13)33-32-67(56,10)11)73-50-24-19-23-49(39-50)70-43-71(59-28-18-17-27-58(59)70)63-52(44-21-15-14-16-22-44)25-20-26-53(63)45-35-47(65(4,5)6)37-48(36-45)66(7,8)9;/h14-31,34-38,41-42H,32-33H2,1-13H3;/q-2;. The molecule has 0 amide bonds. The molecule has 378 valence electrons. The number of ether oxygens (including phenoxy) is 1. The molecule has 6 heteroatoms. The molecular formula is C68H68N4OPt-2. The average molecular weight is 1150 g/mol. The summed E-state index contributed by atoms with van der Waals surface area (Å²) in [4.78, 5) is 5.05. The molecule has 74 heavy (non-hydrogen) atoms. The van der Waals surface area contributed by atoms with Crippen LogP contribution in [0.3, 0.4) is 0 Å². The van der Waals surface area contributed by atoms with Crippen LogP contribution in [0.4, 0.5) is 0 Å². The summed E-state index contributed by atoms with van der Waals surface area (Å²) in [5.41, 5.74) is 17.6. The van der Waals surface area contributed by atoms with Gasteiger partial charge in [-0.05, 0) is 51.8 Å². The molecule has 7 aromatic carbocycles. The Morgan fingerprint density at radius 2 is 1.08 bits per heavy atom. The van der Waals surface area contributed by atoms with Crippen LogP contribution >= 0.6 is 0 Å². The first-order chi connectivity index (χ1) is 35.0. The first-order valence-electron chi connectivity index (χ1n) is 26.2. The molecule has 1 aliphatic rings. The van der Waals surface area contributed by atoms with Crippen LogP contribution in [0, 0.1) is 15.9 Å². The fraction of sp³-hybridized carbons (Fsp3) is 0.294. The number of nitrogens with zero attached hydrogens (tertiary/aromatic N) is 4. The van der Waals surface area contributed by atoms with E-state index >= 15 is 0 Å². The van der Waals surface area contributed by atoms with Crippen molar-refractivity contribution in [3.05, 3.63) is 196 Å². The van der Waals surface area contributed by atoms with Crippen LogP contribution in [0.15, 0.2) is 152 Å². The predicted octanol–water partition coefficient (Wildman–Crippen LogP) is 18.0. The van der Waals surface area contributed by atoms with E-state index in [-0.39, 0.29) is 27.1 Å². The monoisotopic (exact) mass is 1150 g/mol. The summed E-state index contributed by atoms with van der Waals surface area (Å²) < 4.78 is 15.0. The molecule has 3 heterocycles. The predicted molar refractivity (Wildman–Crippen MR) is 304 cm³/mol. The Labute approximate surface area is 449 Å². The zero-order valence-electron chi connectivity index (χ0n) is 45.4. The number of imidazole rings is 1. The van der Waals surface area contributed by atoms with Gasteiger partial charge in [0.2, 0.25) is 0 Å². The van der Waals surface area contributed by atoms with Gasteiger partial charge in [0.15, 0.2) is 0 Å². The molecule has 3 aromatic heterocycles. The fourth-order valence-electron chi connectivity index (χ4n) is 11.1. The summed E-state index contributed by atoms with van der Waals surface area (Å²) in [5, 5.41) is 2.34. The average Bonchev–Trinajstić information content (AvgIpc) is 3.85. The van der Waals surface area contributed by atoms with Gasteiger partial charge in [-0.15, -0.1) is 0 Å². The molecule has 0 atom stereocenters. The van der Waals surface area contributed by atoms with Crippen LogP contribution in [-0.4, -0.2) is 18.7 Å². The summed E-state index contributed by atoms with van der Waals surface area (Å²) >= 11 is 2.52. The first-order valence-corrected chi connectivity index (χ1v) is 27.4. The topological polar surface area (TPSA) is 36.9 Å². The van der Waals surface area contributed by atoms with E-state index in [9.17, 15) is 0 Å². The zero-order valence-corrected chi connectivity index (χ0v) is 47.6. The van der Waals surface area contributed by atoms with Crippen LogP contribution < -0.4 is 4.74 Å². The van der Waals surface area contributed by atoms with Crippen molar-refractivity contribution in [1.82, 2.24) is 18.7 Å². The van der Waals surface area contributed by atoms with Crippen LogP contribution in [0.25, 0.3) is 72.3 Å². The molecule has 0 bridgehead atoms. The van der Waals surface area contributed by atoms with Crippen molar-refractivity contribution >= 4 is 32.8 Å². The summed E-state index contributed by atoms with van der Waals surface area (Å²) in [6.45, 7) is 30.2. The molecule has 0 unspecified atom stereocenters. The van der Waals surface area contributed by atoms with Gasteiger partial charge in [0.05, 0.1) is 0 Å². The second kappa shape index (κ2) is 17.8. The van der Waals surface area contributed by atoms with Gasteiger partial charge >= 0.3 is 346 Å². The van der Waals surface area contributed by atoms with Crippen molar-refractivity contribution in [2.24, 2.45) is 0 Å². The summed E-state index contributed by atoms with van der Waals surface area (Å²) in [6.07, 6.45) is 4.24. The number of para-hydroxylation sites is 3. The van der Waals surface area contributed by atoms with Crippen LogP contribution in [-0.2, 0) is 46.4 Å². The van der Waals surface area contributed by atoms with E-state index in [0.717, 1.165) is 72.4 Å². The van der Waals surface area contributed by atoms with E-state index in [2.05, 4.69) is 275 Å². The third-order valence-electron chi connectivity index (χ3n) is 15.7. The Kier molecular flexibility index (Phi) is 11.9. The molecule has 0 saturated heterocycles. The summed E-state index contributed by atoms with van der Waals surface area (Å²) in [7, 11) is 0. The molecule has 11 rings (SSSR count). The van der Waals surface area contributed by atoms with Gasteiger partial charge in [-0.25, -0.2) is 0 Å². The normalized spacial score (nSPS) is 14.7. The van der Waals surface area contributed by atoms with E-state index in [1.165, 1.54) is 44.3 Å². The molecule has 10 aromatic rings. The van der Waals surface area contributed by atoms with E-state index in [0.29, 0.717) is 11.5 Å². The first kappa shape index (κ1) is 49.6. The molecule has 0 spiro atoms. The minimum atomic E-state index is -0.0512. The molecule has 5 nitrogen and oxygen atoms in total. The van der Waals surface area contributed by atoms with Crippen molar-refractivity contribution in [1.29, 1.82) is 0 Å². The minimum absolute atomic E-state index is 0.0422. The Bertz CT molecular complexity index is 3860. The maximum absolute atomic E-state index is 6.89. The van der Waals surface area contributed by atoms with Crippen LogP contribution in [0.1, 0.15) is 131 Å². The number of pyridine rings is 1. The van der Waals surface area contributed by atoms with E-state index < -0.39 is 0 Å². The number of hydrogen-bond acceptors (Lipinski definition) is 2. The maximum atomic E-state index is 6.89. The van der Waals surface area contributed by atoms with E-state index in [1.807, 2.05) is 12.3 Å². The molecule has 1 aliphatic carbocycles. The SMILES string of the molecule is CC(C)(C)c1cc(-c2cccc(-c3ccccc3)c2-n2[c](=[Pt])n(-c3[c-]c(Oc4[c-]c5c(cc4)c4cc6c(cc4n5-c4cc(C(C)(C)C)ccn4)C(C)(C)CCC6(C)C)ccc3)c3ccccc32)cc(C(C)(C)C)c1. The van der Waals surface area contributed by atoms with E-state index in [4.69, 9.17) is 9.72 Å². The Hall–Kier alpha value is -6.55. The Morgan fingerprint density at radius 3 is 1.73 bits per heavy atom. The molecule has 0 fully saturated rings. The Balaban J connectivity index is 1.07. The van der Waals surface area contributed by atoms with E-state index in [1.54, 1.807) is 0 Å².